The summed E-state index contributed by atoms with van der Waals surface area (Å²) in [5.41, 5.74) is -0.594. The number of alkyl halides is 1. The highest BCUT2D eigenvalue weighted by Crippen LogP contribution is 2.28. The lowest BCUT2D eigenvalue weighted by Crippen LogP contribution is -2.09. The molecular weight excluding hydrogens is 181 g/mol. The fraction of sp³-hybridized carbons (Fsp3) is 0.364. The molecule has 1 aromatic rings. The second-order valence-corrected chi connectivity index (χ2v) is 3.50. The Hall–Kier alpha value is -1.56. The van der Waals surface area contributed by atoms with Gasteiger partial charge >= 0.3 is 0 Å². The van der Waals surface area contributed by atoms with Gasteiger partial charge in [-0.05, 0) is 31.5 Å². The van der Waals surface area contributed by atoms with E-state index >= 15 is 0 Å². The van der Waals surface area contributed by atoms with Gasteiger partial charge in [0.15, 0.2) is 0 Å². The standard InChI is InChI=1S/C11H12FNO/c1-11(2,12)9-4-5-10(14-3)8(6-9)7-13/h4-6H,1-3H3. The van der Waals surface area contributed by atoms with Crippen LogP contribution in [0.5, 0.6) is 5.75 Å². The first-order valence-corrected chi connectivity index (χ1v) is 4.26. The van der Waals surface area contributed by atoms with E-state index in [2.05, 4.69) is 0 Å². The summed E-state index contributed by atoms with van der Waals surface area (Å²) in [5.74, 6) is 0.473. The quantitative estimate of drug-likeness (QED) is 0.723. The molecule has 0 heterocycles. The summed E-state index contributed by atoms with van der Waals surface area (Å²) in [6.45, 7) is 2.91. The van der Waals surface area contributed by atoms with Crippen LogP contribution in [0.4, 0.5) is 4.39 Å². The first kappa shape index (κ1) is 10.5. The van der Waals surface area contributed by atoms with Gasteiger partial charge in [0.25, 0.3) is 0 Å². The second-order valence-electron chi connectivity index (χ2n) is 3.50. The highest BCUT2D eigenvalue weighted by molar-refractivity contribution is 5.46. The third kappa shape index (κ3) is 2.02. The van der Waals surface area contributed by atoms with Crippen LogP contribution in [0.25, 0.3) is 0 Å². The van der Waals surface area contributed by atoms with Crippen molar-refractivity contribution in [2.45, 2.75) is 19.5 Å². The van der Waals surface area contributed by atoms with Gasteiger partial charge in [-0.1, -0.05) is 6.07 Å². The number of nitriles is 1. The van der Waals surface area contributed by atoms with E-state index in [1.807, 2.05) is 6.07 Å². The zero-order valence-electron chi connectivity index (χ0n) is 8.47. The van der Waals surface area contributed by atoms with Crippen molar-refractivity contribution in [2.75, 3.05) is 7.11 Å². The molecule has 1 rings (SSSR count). The molecule has 3 heteroatoms. The van der Waals surface area contributed by atoms with E-state index in [-0.39, 0.29) is 0 Å². The largest absolute Gasteiger partial charge is 0.495 e. The Kier molecular flexibility index (Phi) is 2.76. The molecule has 1 aromatic carbocycles. The minimum absolute atomic E-state index is 0.357. The number of hydrogen-bond acceptors (Lipinski definition) is 2. The molecule has 0 aliphatic rings. The number of hydrogen-bond donors (Lipinski definition) is 0. The second kappa shape index (κ2) is 3.67. The minimum atomic E-state index is -1.43. The van der Waals surface area contributed by atoms with E-state index in [1.165, 1.54) is 27.0 Å². The van der Waals surface area contributed by atoms with Crippen molar-refractivity contribution in [2.24, 2.45) is 0 Å². The summed E-state index contributed by atoms with van der Waals surface area (Å²) in [7, 11) is 1.48. The van der Waals surface area contributed by atoms with Crippen molar-refractivity contribution in [3.63, 3.8) is 0 Å². The molecule has 0 aliphatic heterocycles. The number of methoxy groups -OCH3 is 1. The molecule has 14 heavy (non-hydrogen) atoms. The van der Waals surface area contributed by atoms with Crippen molar-refractivity contribution >= 4 is 0 Å². The SMILES string of the molecule is COc1ccc(C(C)(C)F)cc1C#N. The average Bonchev–Trinajstić information content (AvgIpc) is 2.15. The maximum atomic E-state index is 13.5. The first-order valence-electron chi connectivity index (χ1n) is 4.26. The molecule has 0 atom stereocenters. The topological polar surface area (TPSA) is 33.0 Å². The van der Waals surface area contributed by atoms with Crippen LogP contribution in [0.3, 0.4) is 0 Å². The van der Waals surface area contributed by atoms with Gasteiger partial charge in [-0.2, -0.15) is 5.26 Å². The number of benzene rings is 1. The highest BCUT2D eigenvalue weighted by atomic mass is 19.1. The van der Waals surface area contributed by atoms with E-state index in [0.717, 1.165) is 0 Å². The molecule has 74 valence electrons. The Morgan fingerprint density at radius 2 is 2.07 bits per heavy atom. The van der Waals surface area contributed by atoms with E-state index in [4.69, 9.17) is 10.00 Å². The van der Waals surface area contributed by atoms with Crippen LogP contribution in [0, 0.1) is 11.3 Å². The van der Waals surface area contributed by atoms with E-state index in [0.29, 0.717) is 16.9 Å². The van der Waals surface area contributed by atoms with Gasteiger partial charge < -0.3 is 4.74 Å². The van der Waals surface area contributed by atoms with Crippen LogP contribution < -0.4 is 4.74 Å². The van der Waals surface area contributed by atoms with E-state index < -0.39 is 5.67 Å². The van der Waals surface area contributed by atoms with Crippen molar-refractivity contribution in [1.29, 1.82) is 5.26 Å². The Bertz CT molecular complexity index is 374. The zero-order valence-corrected chi connectivity index (χ0v) is 8.47. The lowest BCUT2D eigenvalue weighted by atomic mass is 9.98. The van der Waals surface area contributed by atoms with Crippen molar-refractivity contribution in [1.82, 2.24) is 0 Å². The van der Waals surface area contributed by atoms with E-state index in [1.54, 1.807) is 12.1 Å². The predicted molar refractivity (Wildman–Crippen MR) is 51.8 cm³/mol. The average molecular weight is 193 g/mol. The van der Waals surface area contributed by atoms with Gasteiger partial charge in [-0.15, -0.1) is 0 Å². The Balaban J connectivity index is 3.23. The van der Waals surface area contributed by atoms with Crippen molar-refractivity contribution < 1.29 is 9.13 Å². The molecule has 0 fully saturated rings. The third-order valence-corrected chi connectivity index (χ3v) is 2.01. The Morgan fingerprint density at radius 3 is 2.50 bits per heavy atom. The Labute approximate surface area is 82.9 Å². The van der Waals surface area contributed by atoms with Crippen LogP contribution in [-0.4, -0.2) is 7.11 Å². The summed E-state index contributed by atoms with van der Waals surface area (Å²) < 4.78 is 18.5. The van der Waals surface area contributed by atoms with Crippen molar-refractivity contribution in [3.8, 4) is 11.8 Å². The Morgan fingerprint density at radius 1 is 1.43 bits per heavy atom. The first-order chi connectivity index (χ1) is 6.49. The van der Waals surface area contributed by atoms with Crippen LogP contribution in [0.2, 0.25) is 0 Å². The summed E-state index contributed by atoms with van der Waals surface area (Å²) >= 11 is 0. The van der Waals surface area contributed by atoms with Crippen LogP contribution >= 0.6 is 0 Å². The number of nitrogens with zero attached hydrogens (tertiary/aromatic N) is 1. The molecule has 0 saturated heterocycles. The zero-order chi connectivity index (χ0) is 10.8. The van der Waals surface area contributed by atoms with Gasteiger partial charge in [-0.25, -0.2) is 4.39 Å². The molecule has 0 spiro atoms. The van der Waals surface area contributed by atoms with Crippen molar-refractivity contribution in [3.05, 3.63) is 29.3 Å². The smallest absolute Gasteiger partial charge is 0.136 e. The van der Waals surface area contributed by atoms with Gasteiger partial charge in [0.2, 0.25) is 0 Å². The minimum Gasteiger partial charge on any atom is -0.495 e. The molecule has 0 aromatic heterocycles. The molecule has 0 aliphatic carbocycles. The van der Waals surface area contributed by atoms with Gasteiger partial charge in [0.05, 0.1) is 12.7 Å². The molecule has 0 unspecified atom stereocenters. The van der Waals surface area contributed by atoms with Gasteiger partial charge in [0, 0.05) is 0 Å². The molecular formula is C11H12FNO. The van der Waals surface area contributed by atoms with Crippen LogP contribution in [0.15, 0.2) is 18.2 Å². The number of halogens is 1. The summed E-state index contributed by atoms with van der Waals surface area (Å²) in [4.78, 5) is 0. The predicted octanol–water partition coefficient (Wildman–Crippen LogP) is 2.77. The summed E-state index contributed by atoms with van der Waals surface area (Å²) in [6, 6.07) is 6.71. The number of rotatable bonds is 2. The van der Waals surface area contributed by atoms with Gasteiger partial charge in [-0.3, -0.25) is 0 Å². The summed E-state index contributed by atoms with van der Waals surface area (Å²) in [6.07, 6.45) is 0. The maximum absolute atomic E-state index is 13.5. The molecule has 0 N–H and O–H groups in total. The molecule has 0 saturated carbocycles. The monoisotopic (exact) mass is 193 g/mol. The highest BCUT2D eigenvalue weighted by Gasteiger charge is 2.19. The fourth-order valence-electron chi connectivity index (χ4n) is 1.17. The van der Waals surface area contributed by atoms with Gasteiger partial charge in [0.1, 0.15) is 17.5 Å². The number of ether oxygens (including phenoxy) is 1. The molecule has 2 nitrogen and oxygen atoms in total. The lowest BCUT2D eigenvalue weighted by Gasteiger charge is -2.15. The molecule has 0 amide bonds. The fourth-order valence-corrected chi connectivity index (χ4v) is 1.17. The normalized spacial score (nSPS) is 10.8. The lowest BCUT2D eigenvalue weighted by molar-refractivity contribution is 0.221. The van der Waals surface area contributed by atoms with Crippen LogP contribution in [-0.2, 0) is 5.67 Å². The molecule has 0 radical (unpaired) electrons. The third-order valence-electron chi connectivity index (χ3n) is 2.01. The molecule has 0 bridgehead atoms. The van der Waals surface area contributed by atoms with E-state index in [9.17, 15) is 4.39 Å². The maximum Gasteiger partial charge on any atom is 0.136 e. The summed E-state index contributed by atoms with van der Waals surface area (Å²) in [5, 5.41) is 8.79. The van der Waals surface area contributed by atoms with Crippen LogP contribution in [0.1, 0.15) is 25.0 Å².